The van der Waals surface area contributed by atoms with Gasteiger partial charge in [0.2, 0.25) is 0 Å². The van der Waals surface area contributed by atoms with Crippen LogP contribution in [0.1, 0.15) is 16.7 Å². The van der Waals surface area contributed by atoms with E-state index >= 15 is 0 Å². The van der Waals surface area contributed by atoms with Crippen LogP contribution in [0.4, 0.5) is 5.69 Å². The van der Waals surface area contributed by atoms with Crippen molar-refractivity contribution in [2.24, 2.45) is 0 Å². The number of benzene rings is 2. The van der Waals surface area contributed by atoms with Crippen molar-refractivity contribution < 1.29 is 23.9 Å². The van der Waals surface area contributed by atoms with Crippen molar-refractivity contribution in [3.05, 3.63) is 58.7 Å². The minimum Gasteiger partial charge on any atom is -0.493 e. The zero-order valence-corrected chi connectivity index (χ0v) is 16.0. The van der Waals surface area contributed by atoms with Crippen LogP contribution in [0.15, 0.2) is 42.0 Å². The molecule has 2 aromatic carbocycles. The summed E-state index contributed by atoms with van der Waals surface area (Å²) in [5.74, 6) is 0.276. The van der Waals surface area contributed by atoms with Crippen LogP contribution >= 0.6 is 0 Å². The summed E-state index contributed by atoms with van der Waals surface area (Å²) < 4.78 is 10.6. The molecule has 1 fully saturated rings. The van der Waals surface area contributed by atoms with Crippen LogP contribution in [0.2, 0.25) is 0 Å². The van der Waals surface area contributed by atoms with Crippen LogP contribution in [0.25, 0.3) is 5.70 Å². The van der Waals surface area contributed by atoms with E-state index < -0.39 is 17.9 Å². The van der Waals surface area contributed by atoms with Crippen molar-refractivity contribution in [1.82, 2.24) is 5.48 Å². The van der Waals surface area contributed by atoms with Gasteiger partial charge in [0.1, 0.15) is 0 Å². The third-order valence-corrected chi connectivity index (χ3v) is 5.11. The smallest absolute Gasteiger partial charge is 0.270 e. The number of fused-ring (bicyclic) bond motifs is 1. The molecule has 0 saturated carbocycles. The van der Waals surface area contributed by atoms with E-state index in [-0.39, 0.29) is 5.57 Å². The SMILES string of the molecule is COc1ccc(C2=C3C(=O)N(c4ccc(C)c(C)c4)C(=O)[C@H]3ON2)cc1OC. The Balaban J connectivity index is 1.78. The third-order valence-electron chi connectivity index (χ3n) is 5.11. The third kappa shape index (κ3) is 2.63. The fourth-order valence-electron chi connectivity index (χ4n) is 3.41. The quantitative estimate of drug-likeness (QED) is 0.822. The summed E-state index contributed by atoms with van der Waals surface area (Å²) in [7, 11) is 3.08. The van der Waals surface area contributed by atoms with E-state index in [0.29, 0.717) is 28.4 Å². The number of amides is 2. The number of carbonyl (C=O) groups excluding carboxylic acids is 2. The lowest BCUT2D eigenvalue weighted by Crippen LogP contribution is -2.34. The van der Waals surface area contributed by atoms with Crippen LogP contribution < -0.4 is 19.9 Å². The fraction of sp³-hybridized carbons (Fsp3) is 0.238. The Kier molecular flexibility index (Phi) is 4.31. The number of methoxy groups -OCH3 is 2. The van der Waals surface area contributed by atoms with Gasteiger partial charge >= 0.3 is 0 Å². The average molecular weight is 380 g/mol. The van der Waals surface area contributed by atoms with Crippen LogP contribution in [-0.4, -0.2) is 32.1 Å². The molecular formula is C21H20N2O5. The molecule has 1 saturated heterocycles. The Labute approximate surface area is 162 Å². The number of hydrogen-bond donors (Lipinski definition) is 1. The number of ether oxygens (including phenoxy) is 2. The maximum atomic E-state index is 13.1. The normalized spacial score (nSPS) is 18.4. The molecule has 0 aromatic heterocycles. The fourth-order valence-corrected chi connectivity index (χ4v) is 3.41. The maximum Gasteiger partial charge on any atom is 0.270 e. The van der Waals surface area contributed by atoms with Gasteiger partial charge in [0, 0.05) is 5.56 Å². The molecule has 2 amide bonds. The topological polar surface area (TPSA) is 77.1 Å². The maximum absolute atomic E-state index is 13.1. The molecule has 4 rings (SSSR count). The first-order valence-electron chi connectivity index (χ1n) is 8.80. The first-order chi connectivity index (χ1) is 13.5. The zero-order chi connectivity index (χ0) is 20.0. The predicted molar refractivity (Wildman–Crippen MR) is 103 cm³/mol. The van der Waals surface area contributed by atoms with Crippen molar-refractivity contribution in [1.29, 1.82) is 0 Å². The highest BCUT2D eigenvalue weighted by Gasteiger charge is 2.50. The molecule has 2 aliphatic heterocycles. The summed E-state index contributed by atoms with van der Waals surface area (Å²) in [6.07, 6.45) is -0.975. The Morgan fingerprint density at radius 1 is 0.964 bits per heavy atom. The highest BCUT2D eigenvalue weighted by Crippen LogP contribution is 2.38. The lowest BCUT2D eigenvalue weighted by Gasteiger charge is -2.17. The second-order valence-electron chi connectivity index (χ2n) is 6.71. The van der Waals surface area contributed by atoms with Gasteiger partial charge in [0.05, 0.1) is 31.2 Å². The van der Waals surface area contributed by atoms with Gasteiger partial charge in [-0.3, -0.25) is 19.9 Å². The molecule has 0 radical (unpaired) electrons. The number of hydrogen-bond acceptors (Lipinski definition) is 6. The van der Waals surface area contributed by atoms with Gasteiger partial charge in [-0.2, -0.15) is 0 Å². The van der Waals surface area contributed by atoms with Crippen LogP contribution in [0.5, 0.6) is 11.5 Å². The Morgan fingerprint density at radius 3 is 2.39 bits per heavy atom. The Bertz CT molecular complexity index is 1030. The molecule has 1 N–H and O–H groups in total. The van der Waals surface area contributed by atoms with Crippen molar-refractivity contribution >= 4 is 23.2 Å². The van der Waals surface area contributed by atoms with Gasteiger partial charge in [-0.05, 0) is 55.3 Å². The molecule has 2 heterocycles. The molecule has 144 valence electrons. The summed E-state index contributed by atoms with van der Waals surface area (Å²) in [4.78, 5) is 32.6. The van der Waals surface area contributed by atoms with E-state index in [4.69, 9.17) is 14.3 Å². The lowest BCUT2D eigenvalue weighted by atomic mass is 10.0. The van der Waals surface area contributed by atoms with Crippen molar-refractivity contribution in [3.63, 3.8) is 0 Å². The Morgan fingerprint density at radius 2 is 1.71 bits per heavy atom. The monoisotopic (exact) mass is 380 g/mol. The first kappa shape index (κ1) is 18.1. The van der Waals surface area contributed by atoms with Gasteiger partial charge in [-0.25, -0.2) is 4.90 Å². The van der Waals surface area contributed by atoms with Crippen molar-refractivity contribution in [2.75, 3.05) is 19.1 Å². The highest BCUT2D eigenvalue weighted by molar-refractivity contribution is 6.33. The second kappa shape index (κ2) is 6.69. The number of anilines is 1. The zero-order valence-electron chi connectivity index (χ0n) is 16.0. The number of aryl methyl sites for hydroxylation is 2. The molecule has 7 heteroatoms. The number of nitrogens with one attached hydrogen (secondary N) is 1. The number of nitrogens with zero attached hydrogens (tertiary/aromatic N) is 1. The highest BCUT2D eigenvalue weighted by atomic mass is 16.7. The van der Waals surface area contributed by atoms with Gasteiger partial charge in [0.25, 0.3) is 11.8 Å². The number of imide groups is 1. The van der Waals surface area contributed by atoms with E-state index in [0.717, 1.165) is 11.1 Å². The molecule has 0 unspecified atom stereocenters. The number of rotatable bonds is 4. The molecule has 7 nitrogen and oxygen atoms in total. The summed E-state index contributed by atoms with van der Waals surface area (Å²) in [5, 5.41) is 0. The largest absolute Gasteiger partial charge is 0.493 e. The van der Waals surface area contributed by atoms with Gasteiger partial charge in [-0.1, -0.05) is 6.07 Å². The van der Waals surface area contributed by atoms with Gasteiger partial charge < -0.3 is 9.47 Å². The van der Waals surface area contributed by atoms with E-state index in [1.807, 2.05) is 26.0 Å². The summed E-state index contributed by atoms with van der Waals surface area (Å²) >= 11 is 0. The first-order valence-corrected chi connectivity index (χ1v) is 8.80. The van der Waals surface area contributed by atoms with Crippen molar-refractivity contribution in [3.8, 4) is 11.5 Å². The minimum absolute atomic E-state index is 0.287. The number of hydroxylamine groups is 1. The van der Waals surface area contributed by atoms with E-state index in [9.17, 15) is 9.59 Å². The molecule has 0 aliphatic carbocycles. The van der Waals surface area contributed by atoms with Gasteiger partial charge in [0.15, 0.2) is 17.6 Å². The predicted octanol–water partition coefficient (Wildman–Crippen LogP) is 2.51. The van der Waals surface area contributed by atoms with E-state index in [1.54, 1.807) is 31.4 Å². The van der Waals surface area contributed by atoms with Gasteiger partial charge in [-0.15, -0.1) is 0 Å². The molecule has 2 aromatic rings. The minimum atomic E-state index is -0.975. The average Bonchev–Trinajstić information content (AvgIpc) is 3.24. The summed E-state index contributed by atoms with van der Waals surface area (Å²) in [5.41, 5.74) is 6.77. The molecular weight excluding hydrogens is 360 g/mol. The molecule has 0 spiro atoms. The van der Waals surface area contributed by atoms with Crippen LogP contribution in [-0.2, 0) is 14.4 Å². The van der Waals surface area contributed by atoms with Crippen LogP contribution in [0, 0.1) is 13.8 Å². The molecule has 28 heavy (non-hydrogen) atoms. The van der Waals surface area contributed by atoms with Crippen LogP contribution in [0.3, 0.4) is 0 Å². The summed E-state index contributed by atoms with van der Waals surface area (Å²) in [6, 6.07) is 10.7. The standard InChI is InChI=1S/C21H20N2O5/c1-11-5-7-14(9-12(11)2)23-20(24)17-18(22-28-19(17)21(23)25)13-6-8-15(26-3)16(10-13)27-4/h5-10,19,22H,1-4H3/t19-/m0/s1. The second-order valence-corrected chi connectivity index (χ2v) is 6.71. The molecule has 2 aliphatic rings. The lowest BCUT2D eigenvalue weighted by molar-refractivity contribution is -0.127. The van der Waals surface area contributed by atoms with Crippen molar-refractivity contribution in [2.45, 2.75) is 20.0 Å². The Hall–Kier alpha value is -3.32. The molecule has 0 bridgehead atoms. The summed E-state index contributed by atoms with van der Waals surface area (Å²) in [6.45, 7) is 3.92. The molecule has 1 atom stereocenters. The number of carbonyl (C=O) groups is 2. The van der Waals surface area contributed by atoms with E-state index in [1.165, 1.54) is 12.0 Å². The van der Waals surface area contributed by atoms with E-state index in [2.05, 4.69) is 5.48 Å².